The second-order valence-corrected chi connectivity index (χ2v) is 13.6. The van der Waals surface area contributed by atoms with E-state index in [1.807, 2.05) is 27.7 Å². The van der Waals surface area contributed by atoms with Gasteiger partial charge in [0.15, 0.2) is 11.6 Å². The van der Waals surface area contributed by atoms with Crippen molar-refractivity contribution >= 4 is 33.4 Å². The number of aromatic amines is 1. The molecule has 0 aliphatic carbocycles. The second kappa shape index (κ2) is 15.5. The topological polar surface area (TPSA) is 102 Å². The number of H-pyrrole nitrogens is 1. The van der Waals surface area contributed by atoms with E-state index in [9.17, 15) is 45.5 Å². The van der Waals surface area contributed by atoms with Gasteiger partial charge in [0.05, 0.1) is 40.0 Å². The van der Waals surface area contributed by atoms with Crippen molar-refractivity contribution in [3.63, 3.8) is 0 Å². The van der Waals surface area contributed by atoms with Gasteiger partial charge in [0.2, 0.25) is 10.9 Å². The number of benzene rings is 4. The van der Waals surface area contributed by atoms with Crippen molar-refractivity contribution in [2.75, 3.05) is 0 Å². The molecule has 3 heterocycles. The molecule has 7 nitrogen and oxygen atoms in total. The standard InChI is InChI=1S/C25H19F3N2O2.C19H14F3NO2/c1-15-6-7-17(11-16(15)2)23(31)21-14-30(13-19-5-3-4-10-29-19)22-9-8-18(25(26,27)28)12-20(22)24(21)32;1-10-3-4-12(7-11(10)2)17(24)15-9-23-16-6-5-13(19(20,21)22)8-14(16)18(15)25/h3-12,14H,13H2,1-2H3;3-9H,1-2H3,(H,23,25). The molecule has 1 N–H and O–H groups in total. The highest BCUT2D eigenvalue weighted by atomic mass is 19.4. The lowest BCUT2D eigenvalue weighted by atomic mass is 9.98. The SMILES string of the molecule is Cc1ccc(C(=O)c2c[nH]c3ccc(C(F)(F)F)cc3c2=O)cc1C.Cc1ccc(C(=O)c2cn(Cc3ccccn3)c3ccc(C(F)(F)F)cc3c2=O)cc1C. The van der Waals surface area contributed by atoms with Crippen LogP contribution in [0.4, 0.5) is 26.3 Å². The Morgan fingerprint density at radius 1 is 0.632 bits per heavy atom. The van der Waals surface area contributed by atoms with Crippen LogP contribution in [-0.4, -0.2) is 26.1 Å². The molecule has 7 rings (SSSR count). The van der Waals surface area contributed by atoms with Gasteiger partial charge in [-0.15, -0.1) is 0 Å². The monoisotopic (exact) mass is 781 g/mol. The normalized spacial score (nSPS) is 11.7. The molecule has 0 amide bonds. The summed E-state index contributed by atoms with van der Waals surface area (Å²) in [4.78, 5) is 58.5. The summed E-state index contributed by atoms with van der Waals surface area (Å²) in [6.45, 7) is 7.67. The molecule has 0 bridgehead atoms. The number of rotatable bonds is 6. The van der Waals surface area contributed by atoms with E-state index in [-0.39, 0.29) is 34.0 Å². The van der Waals surface area contributed by atoms with Crippen LogP contribution in [0.15, 0.2) is 119 Å². The van der Waals surface area contributed by atoms with Gasteiger partial charge in [-0.25, -0.2) is 0 Å². The van der Waals surface area contributed by atoms with Crippen molar-refractivity contribution < 1.29 is 35.9 Å². The highest BCUT2D eigenvalue weighted by molar-refractivity contribution is 6.11. The van der Waals surface area contributed by atoms with Crippen LogP contribution in [0.2, 0.25) is 0 Å². The van der Waals surface area contributed by atoms with Crippen LogP contribution < -0.4 is 10.9 Å². The molecule has 0 fully saturated rings. The molecule has 3 aromatic heterocycles. The third-order valence-electron chi connectivity index (χ3n) is 9.70. The molecule has 0 radical (unpaired) electrons. The molecule has 57 heavy (non-hydrogen) atoms. The highest BCUT2D eigenvalue weighted by Crippen LogP contribution is 2.32. The van der Waals surface area contributed by atoms with Gasteiger partial charge >= 0.3 is 12.4 Å². The molecule has 0 unspecified atom stereocenters. The first-order valence-electron chi connectivity index (χ1n) is 17.4. The number of nitrogens with one attached hydrogen (secondary N) is 1. The van der Waals surface area contributed by atoms with Gasteiger partial charge in [0.25, 0.3) is 0 Å². The van der Waals surface area contributed by atoms with Gasteiger partial charge in [-0.05, 0) is 111 Å². The quantitative estimate of drug-likeness (QED) is 0.134. The third-order valence-corrected chi connectivity index (χ3v) is 9.70. The number of aryl methyl sites for hydroxylation is 4. The van der Waals surface area contributed by atoms with Crippen LogP contribution in [0.5, 0.6) is 0 Å². The predicted molar refractivity (Wildman–Crippen MR) is 205 cm³/mol. The number of alkyl halides is 6. The minimum absolute atomic E-state index is 0.162. The van der Waals surface area contributed by atoms with E-state index in [0.29, 0.717) is 22.3 Å². The zero-order chi connectivity index (χ0) is 41.4. The molecule has 0 aliphatic rings. The maximum Gasteiger partial charge on any atom is 0.416 e. The van der Waals surface area contributed by atoms with Crippen molar-refractivity contribution in [1.29, 1.82) is 0 Å². The van der Waals surface area contributed by atoms with Gasteiger partial charge < -0.3 is 9.55 Å². The van der Waals surface area contributed by atoms with E-state index in [1.54, 1.807) is 65.4 Å². The Balaban J connectivity index is 0.000000199. The van der Waals surface area contributed by atoms with Crippen LogP contribution in [0.25, 0.3) is 21.8 Å². The van der Waals surface area contributed by atoms with E-state index in [1.165, 1.54) is 24.5 Å². The van der Waals surface area contributed by atoms with Gasteiger partial charge in [-0.3, -0.25) is 24.2 Å². The first-order valence-corrected chi connectivity index (χ1v) is 17.4. The van der Waals surface area contributed by atoms with Crippen molar-refractivity contribution in [2.45, 2.75) is 46.6 Å². The lowest BCUT2D eigenvalue weighted by Crippen LogP contribution is -2.21. The molecular formula is C44H33F6N3O4. The van der Waals surface area contributed by atoms with Crippen LogP contribution in [0.3, 0.4) is 0 Å². The van der Waals surface area contributed by atoms with E-state index in [4.69, 9.17) is 0 Å². The summed E-state index contributed by atoms with van der Waals surface area (Å²) in [5.74, 6) is -1.06. The molecule has 290 valence electrons. The first kappa shape index (κ1) is 40.0. The number of aromatic nitrogens is 3. The smallest absolute Gasteiger partial charge is 0.360 e. The number of carbonyl (C=O) groups is 2. The van der Waals surface area contributed by atoms with Crippen molar-refractivity contribution in [1.82, 2.24) is 14.5 Å². The second-order valence-electron chi connectivity index (χ2n) is 13.6. The number of fused-ring (bicyclic) bond motifs is 2. The maximum atomic E-state index is 13.3. The molecule has 0 atom stereocenters. The highest BCUT2D eigenvalue weighted by Gasteiger charge is 2.32. The number of carbonyl (C=O) groups excluding carboxylic acids is 2. The molecular weight excluding hydrogens is 748 g/mol. The van der Waals surface area contributed by atoms with Crippen LogP contribution >= 0.6 is 0 Å². The number of halogens is 6. The zero-order valence-corrected chi connectivity index (χ0v) is 30.9. The summed E-state index contributed by atoms with van der Waals surface area (Å²) in [7, 11) is 0. The number of ketones is 2. The lowest BCUT2D eigenvalue weighted by molar-refractivity contribution is -0.138. The fourth-order valence-corrected chi connectivity index (χ4v) is 6.17. The summed E-state index contributed by atoms with van der Waals surface area (Å²) in [5, 5.41) is -0.324. The summed E-state index contributed by atoms with van der Waals surface area (Å²) in [5.41, 5.74) is 1.88. The Hall–Kier alpha value is -6.63. The van der Waals surface area contributed by atoms with E-state index >= 15 is 0 Å². The maximum absolute atomic E-state index is 13.3. The third kappa shape index (κ3) is 8.47. The summed E-state index contributed by atoms with van der Waals surface area (Å²) < 4.78 is 80.2. The molecule has 0 aliphatic heterocycles. The molecule has 0 saturated carbocycles. The van der Waals surface area contributed by atoms with E-state index in [0.717, 1.165) is 46.5 Å². The number of nitrogens with zero attached hydrogens (tertiary/aromatic N) is 2. The van der Waals surface area contributed by atoms with Crippen LogP contribution in [0.1, 0.15) is 70.9 Å². The average Bonchev–Trinajstić information content (AvgIpc) is 3.17. The summed E-state index contributed by atoms with van der Waals surface area (Å²) in [6, 6.07) is 21.2. The Morgan fingerprint density at radius 2 is 1.18 bits per heavy atom. The van der Waals surface area contributed by atoms with Crippen molar-refractivity contribution in [3.05, 3.63) is 191 Å². The van der Waals surface area contributed by atoms with Crippen molar-refractivity contribution in [3.8, 4) is 0 Å². The fourth-order valence-electron chi connectivity index (χ4n) is 6.17. The Morgan fingerprint density at radius 3 is 1.72 bits per heavy atom. The molecule has 0 spiro atoms. The minimum Gasteiger partial charge on any atom is -0.360 e. The minimum atomic E-state index is -4.61. The largest absolute Gasteiger partial charge is 0.416 e. The molecule has 13 heteroatoms. The first-order chi connectivity index (χ1) is 26.8. The predicted octanol–water partition coefficient (Wildman–Crippen LogP) is 9.71. The van der Waals surface area contributed by atoms with E-state index < -0.39 is 45.9 Å². The number of pyridine rings is 3. The molecule has 0 saturated heterocycles. The van der Waals surface area contributed by atoms with Gasteiger partial charge in [0.1, 0.15) is 0 Å². The lowest BCUT2D eigenvalue weighted by Gasteiger charge is -2.15. The van der Waals surface area contributed by atoms with Crippen LogP contribution in [-0.2, 0) is 18.9 Å². The zero-order valence-electron chi connectivity index (χ0n) is 30.9. The van der Waals surface area contributed by atoms with Crippen molar-refractivity contribution in [2.24, 2.45) is 0 Å². The summed E-state index contributed by atoms with van der Waals surface area (Å²) >= 11 is 0. The Bertz CT molecular complexity index is 2820. The average molecular weight is 782 g/mol. The summed E-state index contributed by atoms with van der Waals surface area (Å²) in [6.07, 6.45) is -4.92. The van der Waals surface area contributed by atoms with Gasteiger partial charge in [-0.2, -0.15) is 26.3 Å². The number of hydrogen-bond acceptors (Lipinski definition) is 5. The fraction of sp³-hybridized carbons (Fsp3) is 0.159. The number of hydrogen-bond donors (Lipinski definition) is 1. The Labute approximate surface area is 321 Å². The molecule has 7 aromatic rings. The Kier molecular flexibility index (Phi) is 10.9. The van der Waals surface area contributed by atoms with Crippen LogP contribution in [0, 0.1) is 27.7 Å². The van der Waals surface area contributed by atoms with E-state index in [2.05, 4.69) is 9.97 Å². The van der Waals surface area contributed by atoms with Gasteiger partial charge in [-0.1, -0.05) is 30.3 Å². The van der Waals surface area contributed by atoms with Gasteiger partial charge in [0, 0.05) is 46.0 Å². The molecule has 4 aromatic carbocycles.